The lowest BCUT2D eigenvalue weighted by Crippen LogP contribution is -2.46. The van der Waals surface area contributed by atoms with E-state index in [2.05, 4.69) is 4.90 Å². The molecule has 0 aromatic carbocycles. The Morgan fingerprint density at radius 2 is 1.71 bits per heavy atom. The van der Waals surface area contributed by atoms with Gasteiger partial charge in [-0.15, -0.1) is 12.4 Å². The van der Waals surface area contributed by atoms with E-state index in [4.69, 9.17) is 0 Å². The zero-order chi connectivity index (χ0) is 9.10. The second-order valence-corrected chi connectivity index (χ2v) is 4.06. The summed E-state index contributed by atoms with van der Waals surface area (Å²) in [5, 5.41) is 0. The molecular formula is C10H19ClN2O. The van der Waals surface area contributed by atoms with Crippen molar-refractivity contribution in [2.75, 3.05) is 19.6 Å². The van der Waals surface area contributed by atoms with Crippen molar-refractivity contribution in [2.24, 2.45) is 0 Å². The number of nitrogens with zero attached hydrogens (tertiary/aromatic N) is 2. The number of carbonyl (C=O) groups is 1. The van der Waals surface area contributed by atoms with E-state index >= 15 is 0 Å². The van der Waals surface area contributed by atoms with Crippen molar-refractivity contribution in [1.29, 1.82) is 0 Å². The third kappa shape index (κ3) is 2.39. The van der Waals surface area contributed by atoms with Gasteiger partial charge in [0.2, 0.25) is 6.41 Å². The maximum atomic E-state index is 10.8. The van der Waals surface area contributed by atoms with Crippen molar-refractivity contribution in [1.82, 2.24) is 9.80 Å². The molecule has 4 heteroatoms. The normalized spacial score (nSPS) is 28.6. The average Bonchev–Trinajstić information content (AvgIpc) is 2.67. The second-order valence-electron chi connectivity index (χ2n) is 4.06. The van der Waals surface area contributed by atoms with Gasteiger partial charge in [-0.05, 0) is 25.7 Å². The summed E-state index contributed by atoms with van der Waals surface area (Å²) in [5.41, 5.74) is 0. The number of piperidine rings is 1. The van der Waals surface area contributed by atoms with E-state index < -0.39 is 0 Å². The van der Waals surface area contributed by atoms with E-state index in [-0.39, 0.29) is 12.4 Å². The van der Waals surface area contributed by atoms with E-state index in [1.165, 1.54) is 45.2 Å². The Morgan fingerprint density at radius 3 is 2.36 bits per heavy atom. The molecule has 0 aliphatic carbocycles. The summed E-state index contributed by atoms with van der Waals surface area (Å²) in [6, 6.07) is 0. The number of hydrogen-bond acceptors (Lipinski definition) is 2. The van der Waals surface area contributed by atoms with Gasteiger partial charge < -0.3 is 4.90 Å². The summed E-state index contributed by atoms with van der Waals surface area (Å²) < 4.78 is 0. The van der Waals surface area contributed by atoms with Gasteiger partial charge in [0.15, 0.2) is 0 Å². The van der Waals surface area contributed by atoms with Crippen molar-refractivity contribution in [3.8, 4) is 0 Å². The zero-order valence-electron chi connectivity index (χ0n) is 8.52. The van der Waals surface area contributed by atoms with Crippen LogP contribution < -0.4 is 0 Å². The standard InChI is InChI=1S/C10H18N2O.ClH/c13-9-12-8-4-5-10(12)11-6-2-1-3-7-11;/h9-10H,1-8H2;1H. The lowest BCUT2D eigenvalue weighted by molar-refractivity contribution is -0.122. The Labute approximate surface area is 91.8 Å². The van der Waals surface area contributed by atoms with Gasteiger partial charge in [0.25, 0.3) is 0 Å². The number of carbonyl (C=O) groups excluding carboxylic acids is 1. The molecule has 0 N–H and O–H groups in total. The highest BCUT2D eigenvalue weighted by Crippen LogP contribution is 2.22. The van der Waals surface area contributed by atoms with Crippen LogP contribution in [0.25, 0.3) is 0 Å². The molecule has 0 saturated carbocycles. The van der Waals surface area contributed by atoms with Crippen LogP contribution in [0, 0.1) is 0 Å². The molecular weight excluding hydrogens is 200 g/mol. The molecule has 0 bridgehead atoms. The summed E-state index contributed by atoms with van der Waals surface area (Å²) in [6.45, 7) is 3.34. The van der Waals surface area contributed by atoms with Gasteiger partial charge in [0, 0.05) is 19.6 Å². The van der Waals surface area contributed by atoms with Crippen LogP contribution in [0.5, 0.6) is 0 Å². The molecule has 0 aromatic heterocycles. The Kier molecular flexibility index (Phi) is 4.69. The second kappa shape index (κ2) is 5.56. The summed E-state index contributed by atoms with van der Waals surface area (Å²) in [6.07, 6.45) is 7.79. The van der Waals surface area contributed by atoms with Gasteiger partial charge in [-0.1, -0.05) is 6.42 Å². The molecule has 82 valence electrons. The lowest BCUT2D eigenvalue weighted by atomic mass is 10.1. The summed E-state index contributed by atoms with van der Waals surface area (Å²) >= 11 is 0. The average molecular weight is 219 g/mol. The largest absolute Gasteiger partial charge is 0.330 e. The monoisotopic (exact) mass is 218 g/mol. The van der Waals surface area contributed by atoms with E-state index in [9.17, 15) is 4.79 Å². The number of rotatable bonds is 2. The fourth-order valence-corrected chi connectivity index (χ4v) is 2.50. The molecule has 2 aliphatic heterocycles. The molecule has 0 spiro atoms. The molecule has 0 aromatic rings. The zero-order valence-corrected chi connectivity index (χ0v) is 9.34. The topological polar surface area (TPSA) is 23.6 Å². The Morgan fingerprint density at radius 1 is 1.00 bits per heavy atom. The highest BCUT2D eigenvalue weighted by molar-refractivity contribution is 5.85. The molecule has 3 nitrogen and oxygen atoms in total. The first kappa shape index (κ1) is 11.8. The Hall–Kier alpha value is -0.280. The van der Waals surface area contributed by atoms with Crippen molar-refractivity contribution in [2.45, 2.75) is 38.3 Å². The molecule has 14 heavy (non-hydrogen) atoms. The molecule has 2 heterocycles. The number of hydrogen-bond donors (Lipinski definition) is 0. The maximum absolute atomic E-state index is 10.8. The van der Waals surface area contributed by atoms with Crippen LogP contribution >= 0.6 is 12.4 Å². The minimum absolute atomic E-state index is 0. The lowest BCUT2D eigenvalue weighted by Gasteiger charge is -2.35. The third-order valence-corrected chi connectivity index (χ3v) is 3.21. The maximum Gasteiger partial charge on any atom is 0.210 e. The van der Waals surface area contributed by atoms with Gasteiger partial charge in [-0.2, -0.15) is 0 Å². The van der Waals surface area contributed by atoms with Gasteiger partial charge in [0.1, 0.15) is 0 Å². The van der Waals surface area contributed by atoms with Gasteiger partial charge >= 0.3 is 0 Å². The van der Waals surface area contributed by atoms with Crippen LogP contribution in [0.15, 0.2) is 0 Å². The summed E-state index contributed by atoms with van der Waals surface area (Å²) in [4.78, 5) is 15.2. The summed E-state index contributed by atoms with van der Waals surface area (Å²) in [7, 11) is 0. The van der Waals surface area contributed by atoms with Gasteiger partial charge in [-0.25, -0.2) is 0 Å². The molecule has 1 unspecified atom stereocenters. The first-order valence-corrected chi connectivity index (χ1v) is 5.37. The quantitative estimate of drug-likeness (QED) is 0.656. The molecule has 2 rings (SSSR count). The van der Waals surface area contributed by atoms with Crippen molar-refractivity contribution in [3.63, 3.8) is 0 Å². The SMILES string of the molecule is Cl.O=CN1CCCC1N1CCCCC1. The molecule has 0 radical (unpaired) electrons. The predicted molar refractivity (Wildman–Crippen MR) is 58.5 cm³/mol. The Balaban J connectivity index is 0.000000980. The first-order chi connectivity index (χ1) is 6.42. The highest BCUT2D eigenvalue weighted by Gasteiger charge is 2.29. The van der Waals surface area contributed by atoms with Crippen LogP contribution in [0.4, 0.5) is 0 Å². The van der Waals surface area contributed by atoms with Gasteiger partial charge in [-0.3, -0.25) is 9.69 Å². The van der Waals surface area contributed by atoms with E-state index in [0.717, 1.165) is 13.0 Å². The molecule has 2 saturated heterocycles. The third-order valence-electron chi connectivity index (χ3n) is 3.21. The predicted octanol–water partition coefficient (Wildman–Crippen LogP) is 1.47. The molecule has 1 atom stereocenters. The van der Waals surface area contributed by atoms with Gasteiger partial charge in [0.05, 0.1) is 6.17 Å². The van der Waals surface area contributed by atoms with Crippen LogP contribution in [0.3, 0.4) is 0 Å². The van der Waals surface area contributed by atoms with Crippen LogP contribution in [0.2, 0.25) is 0 Å². The van der Waals surface area contributed by atoms with Crippen molar-refractivity contribution in [3.05, 3.63) is 0 Å². The smallest absolute Gasteiger partial charge is 0.210 e. The van der Waals surface area contributed by atoms with E-state index in [0.29, 0.717) is 6.17 Å². The van der Waals surface area contributed by atoms with Crippen molar-refractivity contribution >= 4 is 18.8 Å². The fourth-order valence-electron chi connectivity index (χ4n) is 2.50. The van der Waals surface area contributed by atoms with E-state index in [1.54, 1.807) is 0 Å². The molecule has 2 aliphatic rings. The number of halogens is 1. The van der Waals surface area contributed by atoms with Crippen molar-refractivity contribution < 1.29 is 4.79 Å². The highest BCUT2D eigenvalue weighted by atomic mass is 35.5. The fraction of sp³-hybridized carbons (Fsp3) is 0.900. The Bertz CT molecular complexity index is 183. The van der Waals surface area contributed by atoms with E-state index in [1.807, 2.05) is 4.90 Å². The first-order valence-electron chi connectivity index (χ1n) is 5.37. The minimum atomic E-state index is 0. The summed E-state index contributed by atoms with van der Waals surface area (Å²) in [5.74, 6) is 0. The molecule has 1 amide bonds. The molecule has 2 fully saturated rings. The minimum Gasteiger partial charge on any atom is -0.330 e. The number of amides is 1. The van der Waals surface area contributed by atoms with Crippen LogP contribution in [-0.2, 0) is 4.79 Å². The van der Waals surface area contributed by atoms with Crippen LogP contribution in [-0.4, -0.2) is 42.0 Å². The number of likely N-dealkylation sites (tertiary alicyclic amines) is 2. The van der Waals surface area contributed by atoms with Crippen LogP contribution in [0.1, 0.15) is 32.1 Å².